The summed E-state index contributed by atoms with van der Waals surface area (Å²) in [6.45, 7) is 9.59. The molecule has 8 nitrogen and oxygen atoms in total. The van der Waals surface area contributed by atoms with Crippen molar-refractivity contribution in [2.75, 3.05) is 28.2 Å². The first-order chi connectivity index (χ1) is 21.2. The molecule has 1 fully saturated rings. The topological polar surface area (TPSA) is 91.7 Å². The van der Waals surface area contributed by atoms with Crippen LogP contribution in [0.1, 0.15) is 41.3 Å². The summed E-state index contributed by atoms with van der Waals surface area (Å²) in [6, 6.07) is 22.9. The average Bonchev–Trinajstić information content (AvgIpc) is 3.46. The number of fused-ring (bicyclic) bond motifs is 2. The lowest BCUT2D eigenvalue weighted by Gasteiger charge is -2.31. The molecule has 2 aliphatic heterocycles. The van der Waals surface area contributed by atoms with Crippen molar-refractivity contribution in [1.82, 2.24) is 4.57 Å². The highest BCUT2D eigenvalue weighted by atomic mass is 32.2. The van der Waals surface area contributed by atoms with Gasteiger partial charge in [-0.2, -0.15) is 0 Å². The molecule has 0 bridgehead atoms. The second-order valence-corrected chi connectivity index (χ2v) is 13.3. The van der Waals surface area contributed by atoms with Crippen molar-refractivity contribution in [3.05, 3.63) is 104 Å². The van der Waals surface area contributed by atoms with E-state index in [-0.39, 0.29) is 29.1 Å². The van der Waals surface area contributed by atoms with Gasteiger partial charge < -0.3 is 10.2 Å². The van der Waals surface area contributed by atoms with Gasteiger partial charge in [-0.15, -0.1) is 0 Å². The van der Waals surface area contributed by atoms with E-state index in [1.54, 1.807) is 12.1 Å². The van der Waals surface area contributed by atoms with Crippen LogP contribution in [-0.4, -0.2) is 40.6 Å². The maximum Gasteiger partial charge on any atom is 0.308 e. The molecule has 0 saturated carbocycles. The van der Waals surface area contributed by atoms with Crippen LogP contribution in [0.5, 0.6) is 0 Å². The van der Waals surface area contributed by atoms with Crippen molar-refractivity contribution in [2.45, 2.75) is 50.4 Å². The fourth-order valence-electron chi connectivity index (χ4n) is 6.09. The van der Waals surface area contributed by atoms with Crippen LogP contribution in [0, 0.1) is 19.8 Å². The minimum Gasteiger partial charge on any atom is -0.372 e. The van der Waals surface area contributed by atoms with Crippen LogP contribution in [-0.2, 0) is 20.9 Å². The molecule has 44 heavy (non-hydrogen) atoms. The summed E-state index contributed by atoms with van der Waals surface area (Å²) in [6.07, 6.45) is 0. The van der Waals surface area contributed by atoms with Gasteiger partial charge in [-0.1, -0.05) is 71.1 Å². The van der Waals surface area contributed by atoms with E-state index in [4.69, 9.17) is 0 Å². The highest BCUT2D eigenvalue weighted by Gasteiger charge is 2.56. The number of hydrogen-bond donors (Lipinski definition) is 1. The number of amides is 3. The van der Waals surface area contributed by atoms with Gasteiger partial charge >= 0.3 is 4.87 Å². The Labute approximate surface area is 264 Å². The lowest BCUT2D eigenvalue weighted by molar-refractivity contribution is -0.122. The Morgan fingerprint density at radius 2 is 1.57 bits per heavy atom. The Morgan fingerprint density at radius 3 is 2.23 bits per heavy atom. The number of aryl methyl sites for hydroxylation is 2. The van der Waals surface area contributed by atoms with Crippen molar-refractivity contribution in [2.24, 2.45) is 5.92 Å². The third-order valence-electron chi connectivity index (χ3n) is 8.44. The quantitative estimate of drug-likeness (QED) is 0.249. The summed E-state index contributed by atoms with van der Waals surface area (Å²) >= 11 is 2.28. The number of para-hydroxylation sites is 1. The second kappa shape index (κ2) is 12.1. The Morgan fingerprint density at radius 1 is 0.886 bits per heavy atom. The minimum absolute atomic E-state index is 0.194. The zero-order chi connectivity index (χ0) is 31.1. The summed E-state index contributed by atoms with van der Waals surface area (Å²) in [5, 5.41) is 2.75. The van der Waals surface area contributed by atoms with Gasteiger partial charge in [0.15, 0.2) is 0 Å². The van der Waals surface area contributed by atoms with Gasteiger partial charge in [0, 0.05) is 35.3 Å². The number of benzene rings is 3. The third kappa shape index (κ3) is 5.26. The molecule has 226 valence electrons. The van der Waals surface area contributed by atoms with E-state index >= 15 is 0 Å². The highest BCUT2D eigenvalue weighted by Crippen LogP contribution is 2.54. The van der Waals surface area contributed by atoms with Crippen molar-refractivity contribution < 1.29 is 14.4 Å². The molecule has 3 heterocycles. The monoisotopic (exact) mass is 626 g/mol. The molecule has 2 aliphatic rings. The van der Waals surface area contributed by atoms with Crippen LogP contribution in [0.3, 0.4) is 0 Å². The van der Waals surface area contributed by atoms with Gasteiger partial charge in [-0.25, -0.2) is 4.90 Å². The van der Waals surface area contributed by atoms with Crippen LogP contribution in [0.2, 0.25) is 0 Å². The molecular weight excluding hydrogens is 593 g/mol. The van der Waals surface area contributed by atoms with E-state index in [1.807, 2.05) is 74.5 Å². The number of carbonyl (C=O) groups is 3. The highest BCUT2D eigenvalue weighted by molar-refractivity contribution is 8.00. The summed E-state index contributed by atoms with van der Waals surface area (Å²) in [5.41, 5.74) is 5.09. The number of carbonyl (C=O) groups excluding carboxylic acids is 3. The number of nitrogens with zero attached hydrogens (tertiary/aromatic N) is 3. The molecule has 3 atom stereocenters. The lowest BCUT2D eigenvalue weighted by atomic mass is 9.83. The number of thioether (sulfide) groups is 1. The van der Waals surface area contributed by atoms with Crippen LogP contribution in [0.4, 0.5) is 17.1 Å². The molecule has 10 heteroatoms. The average molecular weight is 627 g/mol. The Hall–Kier alpha value is -4.15. The molecule has 1 N–H and O–H groups in total. The number of rotatable bonds is 8. The number of hydrogen-bond acceptors (Lipinski definition) is 7. The van der Waals surface area contributed by atoms with Crippen LogP contribution >= 0.6 is 23.1 Å². The van der Waals surface area contributed by atoms with Crippen molar-refractivity contribution in [1.29, 1.82) is 0 Å². The standard InChI is InChI=1S/C34H34N4O4S2/c1-5-36(6-2)23-17-13-22(14-18-23)27-28-29(32(41)38(31(28)40)24-15-11-20(3)12-16-24)43-33-30(27)44-34(42)37(33)19-26(39)35-25-10-8-7-9-21(25)4/h7-18,27-29H,5-6,19H2,1-4H3,(H,35,39)/t27-,28?,29?/m1/s1. The zero-order valence-electron chi connectivity index (χ0n) is 25.1. The van der Waals surface area contributed by atoms with E-state index in [2.05, 4.69) is 24.1 Å². The first-order valence-corrected chi connectivity index (χ1v) is 16.5. The number of nitrogens with one attached hydrogen (secondary N) is 1. The SMILES string of the molecule is CCN(CC)c1ccc([C@H]2c3sc(=O)n(CC(=O)Nc4ccccc4C)c3SC3C(=O)N(c4ccc(C)cc4)C(=O)C32)cc1. The van der Waals surface area contributed by atoms with E-state index in [1.165, 1.54) is 21.2 Å². The third-order valence-corrected chi connectivity index (χ3v) is 11.0. The Balaban J connectivity index is 1.42. The van der Waals surface area contributed by atoms with Crippen LogP contribution in [0.15, 0.2) is 82.6 Å². The summed E-state index contributed by atoms with van der Waals surface area (Å²) < 4.78 is 1.46. The maximum atomic E-state index is 14.1. The van der Waals surface area contributed by atoms with Crippen LogP contribution in [0.25, 0.3) is 0 Å². The van der Waals surface area contributed by atoms with Gasteiger partial charge in [-0.05, 0) is 69.2 Å². The Kier molecular flexibility index (Phi) is 8.22. The van der Waals surface area contributed by atoms with Gasteiger partial charge in [0.2, 0.25) is 17.7 Å². The summed E-state index contributed by atoms with van der Waals surface area (Å²) in [4.78, 5) is 58.7. The molecule has 0 radical (unpaired) electrons. The number of anilines is 3. The predicted octanol–water partition coefficient (Wildman–Crippen LogP) is 5.81. The molecule has 6 rings (SSSR count). The smallest absolute Gasteiger partial charge is 0.308 e. The molecular formula is C34H34N4O4S2. The van der Waals surface area contributed by atoms with Crippen molar-refractivity contribution in [3.8, 4) is 0 Å². The molecule has 1 saturated heterocycles. The predicted molar refractivity (Wildman–Crippen MR) is 177 cm³/mol. The summed E-state index contributed by atoms with van der Waals surface area (Å²) in [7, 11) is 0. The van der Waals surface area contributed by atoms with E-state index in [9.17, 15) is 19.2 Å². The molecule has 3 amide bonds. The molecule has 3 aromatic carbocycles. The van der Waals surface area contributed by atoms with E-state index in [0.717, 1.165) is 46.8 Å². The Bertz CT molecular complexity index is 1790. The van der Waals surface area contributed by atoms with Crippen LogP contribution < -0.4 is 20.0 Å². The number of aromatic nitrogens is 1. The summed E-state index contributed by atoms with van der Waals surface area (Å²) in [5.74, 6) is -2.11. The fourth-order valence-corrected chi connectivity index (χ4v) is 8.86. The molecule has 2 unspecified atom stereocenters. The maximum absolute atomic E-state index is 14.1. The van der Waals surface area contributed by atoms with E-state index < -0.39 is 17.1 Å². The van der Waals surface area contributed by atoms with Gasteiger partial charge in [0.25, 0.3) is 0 Å². The molecule has 0 spiro atoms. The fraction of sp³-hybridized carbons (Fsp3) is 0.294. The molecule has 4 aromatic rings. The number of thiazole rings is 1. The van der Waals surface area contributed by atoms with Crippen molar-refractivity contribution in [3.63, 3.8) is 0 Å². The normalized spacial score (nSPS) is 19.1. The largest absolute Gasteiger partial charge is 0.372 e. The zero-order valence-corrected chi connectivity index (χ0v) is 26.7. The first kappa shape index (κ1) is 29.9. The second-order valence-electron chi connectivity index (χ2n) is 11.1. The van der Waals surface area contributed by atoms with E-state index in [0.29, 0.717) is 21.3 Å². The van der Waals surface area contributed by atoms with Gasteiger partial charge in [0.1, 0.15) is 11.8 Å². The minimum atomic E-state index is -0.733. The lowest BCUT2D eigenvalue weighted by Crippen LogP contribution is -2.33. The van der Waals surface area contributed by atoms with Crippen molar-refractivity contribution >= 4 is 57.9 Å². The van der Waals surface area contributed by atoms with Gasteiger partial charge in [-0.3, -0.25) is 23.7 Å². The first-order valence-electron chi connectivity index (χ1n) is 14.8. The number of imide groups is 1. The van der Waals surface area contributed by atoms with Gasteiger partial charge in [0.05, 0.1) is 16.6 Å². The molecule has 0 aliphatic carbocycles. The molecule has 1 aromatic heterocycles.